The van der Waals surface area contributed by atoms with Gasteiger partial charge in [0.1, 0.15) is 0 Å². The second-order valence-corrected chi connectivity index (χ2v) is 5.81. The first-order valence-corrected chi connectivity index (χ1v) is 7.21. The second kappa shape index (κ2) is 5.37. The van der Waals surface area contributed by atoms with Crippen LogP contribution >= 0.6 is 23.1 Å². The standard InChI is InChI=1S/C11H9N5OS2/c12-10-14-15-11(19-10)18-6-8-13-9(17-16-8)7-4-2-1-3-5-7/h1-5H,6H2,(H2,12,14). The fourth-order valence-electron chi connectivity index (χ4n) is 1.42. The first-order valence-electron chi connectivity index (χ1n) is 5.41. The molecule has 0 amide bonds. The topological polar surface area (TPSA) is 90.7 Å². The molecule has 6 nitrogen and oxygen atoms in total. The van der Waals surface area contributed by atoms with Crippen molar-refractivity contribution in [1.82, 2.24) is 20.3 Å². The molecular weight excluding hydrogens is 282 g/mol. The molecule has 0 bridgehead atoms. The largest absolute Gasteiger partial charge is 0.374 e. The Morgan fingerprint density at radius 3 is 2.79 bits per heavy atom. The van der Waals surface area contributed by atoms with Crippen molar-refractivity contribution >= 4 is 28.2 Å². The van der Waals surface area contributed by atoms with Gasteiger partial charge in [0.2, 0.25) is 5.13 Å². The highest BCUT2D eigenvalue weighted by molar-refractivity contribution is 8.00. The summed E-state index contributed by atoms with van der Waals surface area (Å²) in [5, 5.41) is 12.1. The van der Waals surface area contributed by atoms with Crippen LogP contribution in [-0.2, 0) is 5.75 Å². The first kappa shape index (κ1) is 12.1. The van der Waals surface area contributed by atoms with Gasteiger partial charge in [0.05, 0.1) is 5.75 Å². The van der Waals surface area contributed by atoms with Crippen molar-refractivity contribution in [1.29, 1.82) is 0 Å². The second-order valence-electron chi connectivity index (χ2n) is 3.58. The number of hydrogen-bond donors (Lipinski definition) is 1. The lowest BCUT2D eigenvalue weighted by molar-refractivity contribution is 0.425. The van der Waals surface area contributed by atoms with Crippen LogP contribution in [0.15, 0.2) is 39.2 Å². The summed E-state index contributed by atoms with van der Waals surface area (Å²) in [5.41, 5.74) is 6.42. The van der Waals surface area contributed by atoms with Gasteiger partial charge in [-0.15, -0.1) is 10.2 Å². The van der Waals surface area contributed by atoms with Gasteiger partial charge < -0.3 is 10.3 Å². The Morgan fingerprint density at radius 2 is 2.05 bits per heavy atom. The van der Waals surface area contributed by atoms with Gasteiger partial charge in [0, 0.05) is 5.56 Å². The maximum absolute atomic E-state index is 5.51. The molecule has 19 heavy (non-hydrogen) atoms. The third kappa shape index (κ3) is 2.91. The normalized spacial score (nSPS) is 10.7. The molecule has 0 unspecified atom stereocenters. The van der Waals surface area contributed by atoms with E-state index in [4.69, 9.17) is 10.3 Å². The number of aromatic nitrogens is 4. The molecule has 96 valence electrons. The maximum Gasteiger partial charge on any atom is 0.257 e. The highest BCUT2D eigenvalue weighted by Crippen LogP contribution is 2.26. The summed E-state index contributed by atoms with van der Waals surface area (Å²) in [7, 11) is 0. The summed E-state index contributed by atoms with van der Waals surface area (Å²) >= 11 is 2.83. The van der Waals surface area contributed by atoms with Gasteiger partial charge in [0.15, 0.2) is 10.2 Å². The molecule has 8 heteroatoms. The Labute approximate surface area is 117 Å². The predicted octanol–water partition coefficient (Wildman–Crippen LogP) is 2.46. The fourth-order valence-corrected chi connectivity index (χ4v) is 2.89. The lowest BCUT2D eigenvalue weighted by atomic mass is 10.2. The molecule has 0 radical (unpaired) electrons. The van der Waals surface area contributed by atoms with E-state index in [0.717, 1.165) is 9.90 Å². The number of anilines is 1. The molecule has 2 N–H and O–H groups in total. The van der Waals surface area contributed by atoms with Crippen LogP contribution in [0.4, 0.5) is 5.13 Å². The Kier molecular flexibility index (Phi) is 3.43. The molecule has 0 spiro atoms. The number of benzene rings is 1. The molecule has 0 saturated carbocycles. The summed E-state index contributed by atoms with van der Waals surface area (Å²) in [6, 6.07) is 9.65. The predicted molar refractivity (Wildman–Crippen MR) is 73.6 cm³/mol. The molecule has 0 fully saturated rings. The number of thioether (sulfide) groups is 1. The minimum atomic E-state index is 0.459. The van der Waals surface area contributed by atoms with Crippen LogP contribution in [0.2, 0.25) is 0 Å². The van der Waals surface area contributed by atoms with Crippen molar-refractivity contribution in [2.45, 2.75) is 10.1 Å². The minimum absolute atomic E-state index is 0.459. The number of nitrogen functional groups attached to an aromatic ring is 1. The number of nitrogens with two attached hydrogens (primary N) is 1. The summed E-state index contributed by atoms with van der Waals surface area (Å²) in [6.45, 7) is 0. The summed E-state index contributed by atoms with van der Waals surface area (Å²) < 4.78 is 6.01. The molecule has 0 saturated heterocycles. The molecule has 0 aliphatic heterocycles. The Hall–Kier alpha value is -1.93. The van der Waals surface area contributed by atoms with Crippen LogP contribution in [0.25, 0.3) is 11.5 Å². The Morgan fingerprint density at radius 1 is 1.21 bits per heavy atom. The van der Waals surface area contributed by atoms with E-state index in [2.05, 4.69) is 20.3 Å². The van der Waals surface area contributed by atoms with Crippen molar-refractivity contribution < 1.29 is 4.52 Å². The molecular formula is C11H9N5OS2. The number of nitrogens with zero attached hydrogens (tertiary/aromatic N) is 4. The third-order valence-electron chi connectivity index (χ3n) is 2.24. The van der Waals surface area contributed by atoms with Crippen LogP contribution in [0.1, 0.15) is 5.82 Å². The smallest absolute Gasteiger partial charge is 0.257 e. The lowest BCUT2D eigenvalue weighted by Gasteiger charge is -1.91. The van der Waals surface area contributed by atoms with Gasteiger partial charge in [-0.2, -0.15) is 4.98 Å². The van der Waals surface area contributed by atoms with Gasteiger partial charge in [-0.25, -0.2) is 0 Å². The minimum Gasteiger partial charge on any atom is -0.374 e. The zero-order chi connectivity index (χ0) is 13.1. The quantitative estimate of drug-likeness (QED) is 0.738. The Balaban J connectivity index is 1.68. The van der Waals surface area contributed by atoms with E-state index in [1.807, 2.05) is 30.3 Å². The highest BCUT2D eigenvalue weighted by Gasteiger charge is 2.10. The first-order chi connectivity index (χ1) is 9.31. The van der Waals surface area contributed by atoms with Crippen molar-refractivity contribution in [2.24, 2.45) is 0 Å². The van der Waals surface area contributed by atoms with E-state index in [0.29, 0.717) is 22.6 Å². The van der Waals surface area contributed by atoms with E-state index < -0.39 is 0 Å². The molecule has 3 aromatic rings. The van der Waals surface area contributed by atoms with Gasteiger partial charge in [-0.1, -0.05) is 46.5 Å². The van der Waals surface area contributed by atoms with E-state index in [-0.39, 0.29) is 0 Å². The monoisotopic (exact) mass is 291 g/mol. The summed E-state index contributed by atoms with van der Waals surface area (Å²) in [6.07, 6.45) is 0. The van der Waals surface area contributed by atoms with Gasteiger partial charge in [-0.05, 0) is 12.1 Å². The summed E-state index contributed by atoms with van der Waals surface area (Å²) in [4.78, 5) is 4.33. The molecule has 0 atom stereocenters. The van der Waals surface area contributed by atoms with Crippen LogP contribution in [0.5, 0.6) is 0 Å². The number of rotatable bonds is 4. The van der Waals surface area contributed by atoms with Crippen LogP contribution in [-0.4, -0.2) is 20.3 Å². The highest BCUT2D eigenvalue weighted by atomic mass is 32.2. The van der Waals surface area contributed by atoms with Crippen molar-refractivity contribution in [3.05, 3.63) is 36.2 Å². The number of hydrogen-bond acceptors (Lipinski definition) is 8. The zero-order valence-corrected chi connectivity index (χ0v) is 11.3. The lowest BCUT2D eigenvalue weighted by Crippen LogP contribution is -1.84. The van der Waals surface area contributed by atoms with Crippen molar-refractivity contribution in [3.8, 4) is 11.5 Å². The van der Waals surface area contributed by atoms with Crippen LogP contribution in [0.3, 0.4) is 0 Å². The van der Waals surface area contributed by atoms with E-state index in [1.165, 1.54) is 23.1 Å². The fraction of sp³-hybridized carbons (Fsp3) is 0.0909. The Bertz CT molecular complexity index is 667. The SMILES string of the molecule is Nc1nnc(SCc2noc(-c3ccccc3)n2)s1. The molecule has 2 aromatic heterocycles. The van der Waals surface area contributed by atoms with Crippen molar-refractivity contribution in [3.63, 3.8) is 0 Å². The zero-order valence-electron chi connectivity index (χ0n) is 9.68. The van der Waals surface area contributed by atoms with Crippen LogP contribution < -0.4 is 5.73 Å². The molecule has 1 aromatic carbocycles. The van der Waals surface area contributed by atoms with Gasteiger partial charge in [0.25, 0.3) is 5.89 Å². The van der Waals surface area contributed by atoms with E-state index in [1.54, 1.807) is 0 Å². The van der Waals surface area contributed by atoms with Crippen LogP contribution in [0, 0.1) is 0 Å². The average Bonchev–Trinajstić information content (AvgIpc) is 3.06. The molecule has 0 aliphatic carbocycles. The average molecular weight is 291 g/mol. The summed E-state index contributed by atoms with van der Waals surface area (Å²) in [5.74, 6) is 1.72. The molecule has 0 aliphatic rings. The van der Waals surface area contributed by atoms with Gasteiger partial charge in [-0.3, -0.25) is 0 Å². The molecule has 3 rings (SSSR count). The van der Waals surface area contributed by atoms with Gasteiger partial charge >= 0.3 is 0 Å². The van der Waals surface area contributed by atoms with Crippen molar-refractivity contribution in [2.75, 3.05) is 5.73 Å². The maximum atomic E-state index is 5.51. The molecule has 2 heterocycles. The third-order valence-corrected chi connectivity index (χ3v) is 4.12. The van der Waals surface area contributed by atoms with E-state index >= 15 is 0 Å². The van der Waals surface area contributed by atoms with E-state index in [9.17, 15) is 0 Å².